The number of hydrogen-bond acceptors (Lipinski definition) is 7. The number of ether oxygens (including phenoxy) is 1. The largest absolute Gasteiger partial charge is 0.573 e. The molecule has 0 spiro atoms. The molecule has 0 bridgehead atoms. The van der Waals surface area contributed by atoms with E-state index in [0.29, 0.717) is 17.1 Å². The van der Waals surface area contributed by atoms with Crippen LogP contribution in [-0.2, 0) is 0 Å². The first-order valence-corrected chi connectivity index (χ1v) is 6.18. The SMILES string of the molecule is FC(F)(F)Oc1ccc(Nc2ncncc2-c2nn[nH]n2)cc1. The summed E-state index contributed by atoms with van der Waals surface area (Å²) in [4.78, 5) is 7.94. The van der Waals surface area contributed by atoms with E-state index >= 15 is 0 Å². The highest BCUT2D eigenvalue weighted by molar-refractivity contribution is 5.73. The molecule has 0 aliphatic carbocycles. The molecule has 0 aliphatic heterocycles. The third-order valence-electron chi connectivity index (χ3n) is 2.65. The summed E-state index contributed by atoms with van der Waals surface area (Å²) in [6.07, 6.45) is -1.93. The smallest absolute Gasteiger partial charge is 0.406 e. The molecule has 11 heteroatoms. The van der Waals surface area contributed by atoms with Crippen LogP contribution in [-0.4, -0.2) is 37.0 Å². The highest BCUT2D eigenvalue weighted by Crippen LogP contribution is 2.27. The standard InChI is InChI=1S/C12H8F3N7O/c13-12(14,15)23-8-3-1-7(2-4-8)18-10-9(5-16-6-17-10)11-19-21-22-20-11/h1-6H,(H,16,17,18)(H,19,20,21,22). The molecule has 0 unspecified atom stereocenters. The van der Waals surface area contributed by atoms with Crippen LogP contribution in [0.25, 0.3) is 11.4 Å². The average Bonchev–Trinajstić information content (AvgIpc) is 3.02. The van der Waals surface area contributed by atoms with Crippen LogP contribution in [0.3, 0.4) is 0 Å². The van der Waals surface area contributed by atoms with E-state index < -0.39 is 6.36 Å². The Hall–Kier alpha value is -3.24. The van der Waals surface area contributed by atoms with Crippen molar-refractivity contribution >= 4 is 11.5 Å². The number of tetrazole rings is 1. The van der Waals surface area contributed by atoms with Crippen LogP contribution < -0.4 is 10.1 Å². The molecule has 0 fully saturated rings. The molecule has 3 rings (SSSR count). The number of aromatic nitrogens is 6. The predicted molar refractivity (Wildman–Crippen MR) is 71.6 cm³/mol. The van der Waals surface area contributed by atoms with Gasteiger partial charge in [-0.1, -0.05) is 0 Å². The van der Waals surface area contributed by atoms with Crippen molar-refractivity contribution in [2.45, 2.75) is 6.36 Å². The molecule has 0 atom stereocenters. The zero-order valence-corrected chi connectivity index (χ0v) is 11.2. The van der Waals surface area contributed by atoms with Crippen molar-refractivity contribution in [3.63, 3.8) is 0 Å². The molecule has 118 valence electrons. The van der Waals surface area contributed by atoms with Gasteiger partial charge in [-0.15, -0.1) is 23.4 Å². The molecule has 3 aromatic rings. The van der Waals surface area contributed by atoms with Crippen molar-refractivity contribution < 1.29 is 17.9 Å². The maximum absolute atomic E-state index is 12.1. The summed E-state index contributed by atoms with van der Waals surface area (Å²) in [5, 5.41) is 16.4. The second-order valence-electron chi connectivity index (χ2n) is 4.22. The lowest BCUT2D eigenvalue weighted by Crippen LogP contribution is -2.16. The Morgan fingerprint density at radius 2 is 1.91 bits per heavy atom. The Morgan fingerprint density at radius 3 is 2.57 bits per heavy atom. The van der Waals surface area contributed by atoms with Crippen LogP contribution in [0, 0.1) is 0 Å². The van der Waals surface area contributed by atoms with Crippen molar-refractivity contribution in [3.8, 4) is 17.1 Å². The molecule has 2 N–H and O–H groups in total. The van der Waals surface area contributed by atoms with Gasteiger partial charge >= 0.3 is 6.36 Å². The number of rotatable bonds is 4. The number of benzene rings is 1. The van der Waals surface area contributed by atoms with Crippen LogP contribution in [0.1, 0.15) is 0 Å². The average molecular weight is 323 g/mol. The van der Waals surface area contributed by atoms with Crippen molar-refractivity contribution in [3.05, 3.63) is 36.8 Å². The summed E-state index contributed by atoms with van der Waals surface area (Å²) in [6, 6.07) is 5.21. The number of hydrogen-bond donors (Lipinski definition) is 2. The van der Waals surface area contributed by atoms with Gasteiger partial charge in [-0.05, 0) is 29.5 Å². The minimum Gasteiger partial charge on any atom is -0.406 e. The number of nitrogens with one attached hydrogen (secondary N) is 2. The summed E-state index contributed by atoms with van der Waals surface area (Å²) in [7, 11) is 0. The fourth-order valence-electron chi connectivity index (χ4n) is 1.75. The third-order valence-corrected chi connectivity index (χ3v) is 2.65. The van der Waals surface area contributed by atoms with Crippen LogP contribution in [0.5, 0.6) is 5.75 Å². The number of nitrogens with zero attached hydrogens (tertiary/aromatic N) is 5. The Kier molecular flexibility index (Phi) is 3.75. The molecule has 0 saturated carbocycles. The first-order chi connectivity index (χ1) is 11.0. The van der Waals surface area contributed by atoms with Gasteiger partial charge in [0.25, 0.3) is 0 Å². The summed E-state index contributed by atoms with van der Waals surface area (Å²) < 4.78 is 40.2. The van der Waals surface area contributed by atoms with Gasteiger partial charge in [-0.2, -0.15) is 5.21 Å². The summed E-state index contributed by atoms with van der Waals surface area (Å²) in [6.45, 7) is 0. The molecule has 23 heavy (non-hydrogen) atoms. The monoisotopic (exact) mass is 323 g/mol. The van der Waals surface area contributed by atoms with E-state index in [1.54, 1.807) is 0 Å². The zero-order valence-electron chi connectivity index (χ0n) is 11.2. The summed E-state index contributed by atoms with van der Waals surface area (Å²) in [5.41, 5.74) is 0.986. The molecule has 0 radical (unpaired) electrons. The fraction of sp³-hybridized carbons (Fsp3) is 0.0833. The quantitative estimate of drug-likeness (QED) is 0.759. The number of alkyl halides is 3. The van der Waals surface area contributed by atoms with E-state index in [2.05, 4.69) is 40.6 Å². The molecule has 8 nitrogen and oxygen atoms in total. The van der Waals surface area contributed by atoms with E-state index in [1.165, 1.54) is 36.8 Å². The minimum absolute atomic E-state index is 0.283. The molecule has 2 aromatic heterocycles. The normalized spacial score (nSPS) is 11.3. The molecule has 0 amide bonds. The first kappa shape index (κ1) is 14.7. The maximum atomic E-state index is 12.1. The number of anilines is 2. The van der Waals surface area contributed by atoms with Gasteiger partial charge in [0.05, 0.1) is 5.56 Å². The van der Waals surface area contributed by atoms with Crippen molar-refractivity contribution in [2.24, 2.45) is 0 Å². The molecular weight excluding hydrogens is 315 g/mol. The Labute approximate surface area is 126 Å². The Balaban J connectivity index is 1.80. The lowest BCUT2D eigenvalue weighted by atomic mass is 10.2. The van der Waals surface area contributed by atoms with Gasteiger partial charge < -0.3 is 10.1 Å². The maximum Gasteiger partial charge on any atom is 0.573 e. The highest BCUT2D eigenvalue weighted by Gasteiger charge is 2.30. The van der Waals surface area contributed by atoms with E-state index in [-0.39, 0.29) is 11.6 Å². The first-order valence-electron chi connectivity index (χ1n) is 6.18. The number of aromatic amines is 1. The minimum atomic E-state index is -4.73. The van der Waals surface area contributed by atoms with Gasteiger partial charge in [0.2, 0.25) is 5.82 Å². The van der Waals surface area contributed by atoms with Crippen LogP contribution in [0.2, 0.25) is 0 Å². The Morgan fingerprint density at radius 1 is 1.13 bits per heavy atom. The van der Waals surface area contributed by atoms with Crippen molar-refractivity contribution in [2.75, 3.05) is 5.32 Å². The van der Waals surface area contributed by atoms with Crippen LogP contribution >= 0.6 is 0 Å². The molecule has 2 heterocycles. The van der Waals surface area contributed by atoms with E-state index in [4.69, 9.17) is 0 Å². The van der Waals surface area contributed by atoms with Gasteiger partial charge in [0.15, 0.2) is 0 Å². The van der Waals surface area contributed by atoms with Crippen LogP contribution in [0.15, 0.2) is 36.8 Å². The van der Waals surface area contributed by atoms with Gasteiger partial charge in [-0.3, -0.25) is 0 Å². The van der Waals surface area contributed by atoms with Gasteiger partial charge in [0.1, 0.15) is 17.9 Å². The molecular formula is C12H8F3N7O. The second-order valence-corrected chi connectivity index (χ2v) is 4.22. The van der Waals surface area contributed by atoms with Crippen molar-refractivity contribution in [1.29, 1.82) is 0 Å². The Bertz CT molecular complexity index is 774. The van der Waals surface area contributed by atoms with Crippen LogP contribution in [0.4, 0.5) is 24.7 Å². The molecule has 0 saturated heterocycles. The number of halogens is 3. The number of H-pyrrole nitrogens is 1. The lowest BCUT2D eigenvalue weighted by molar-refractivity contribution is -0.274. The molecule has 0 aliphatic rings. The van der Waals surface area contributed by atoms with Gasteiger partial charge in [-0.25, -0.2) is 9.97 Å². The molecule has 1 aromatic carbocycles. The van der Waals surface area contributed by atoms with E-state index in [9.17, 15) is 13.2 Å². The second kappa shape index (κ2) is 5.87. The summed E-state index contributed by atoms with van der Waals surface area (Å²) >= 11 is 0. The van der Waals surface area contributed by atoms with E-state index in [0.717, 1.165) is 0 Å². The predicted octanol–water partition coefficient (Wildman–Crippen LogP) is 2.30. The third kappa shape index (κ3) is 3.70. The fourth-order valence-corrected chi connectivity index (χ4v) is 1.75. The van der Waals surface area contributed by atoms with E-state index in [1.807, 2.05) is 0 Å². The topological polar surface area (TPSA) is 101 Å². The zero-order chi connectivity index (χ0) is 16.3. The highest BCUT2D eigenvalue weighted by atomic mass is 19.4. The van der Waals surface area contributed by atoms with Gasteiger partial charge in [0, 0.05) is 11.9 Å². The lowest BCUT2D eigenvalue weighted by Gasteiger charge is -2.11. The van der Waals surface area contributed by atoms with Crippen molar-refractivity contribution in [1.82, 2.24) is 30.6 Å². The summed E-state index contributed by atoms with van der Waals surface area (Å²) in [5.74, 6) is 0.347.